The van der Waals surface area contributed by atoms with Gasteiger partial charge in [-0.2, -0.15) is 0 Å². The first-order chi connectivity index (χ1) is 14.4. The van der Waals surface area contributed by atoms with Crippen LogP contribution in [0.1, 0.15) is 35.7 Å². The lowest BCUT2D eigenvalue weighted by atomic mass is 10.2. The van der Waals surface area contributed by atoms with Crippen LogP contribution in [0.15, 0.2) is 46.9 Å². The molecule has 0 saturated heterocycles. The molecule has 0 unspecified atom stereocenters. The highest BCUT2D eigenvalue weighted by atomic mass is 79.9. The summed E-state index contributed by atoms with van der Waals surface area (Å²) in [5, 5.41) is 2.46. The van der Waals surface area contributed by atoms with Crippen LogP contribution in [-0.4, -0.2) is 30.1 Å². The topological polar surface area (TPSA) is 88.7 Å². The summed E-state index contributed by atoms with van der Waals surface area (Å²) in [7, 11) is 0. The zero-order valence-electron chi connectivity index (χ0n) is 16.8. The highest BCUT2D eigenvalue weighted by molar-refractivity contribution is 9.10. The van der Waals surface area contributed by atoms with E-state index < -0.39 is 11.8 Å². The zero-order valence-corrected chi connectivity index (χ0v) is 19.2. The van der Waals surface area contributed by atoms with Crippen LogP contribution in [0, 0.1) is 6.92 Å². The number of unbranched alkanes of at least 4 members (excludes halogenated alkanes) is 1. The first kappa shape index (κ1) is 23.6. The molecule has 0 bridgehead atoms. The van der Waals surface area contributed by atoms with Crippen LogP contribution in [0.5, 0.6) is 11.5 Å². The largest absolute Gasteiger partial charge is 0.494 e. The fraction of sp³-hybridized carbons (Fsp3) is 0.286. The lowest BCUT2D eigenvalue weighted by molar-refractivity contribution is -0.123. The molecular weight excluding hydrogens is 470 g/mol. The van der Waals surface area contributed by atoms with E-state index in [1.165, 1.54) is 0 Å². The van der Waals surface area contributed by atoms with E-state index in [9.17, 15) is 9.59 Å². The maximum absolute atomic E-state index is 12.2. The molecule has 9 heteroatoms. The Morgan fingerprint density at radius 3 is 2.40 bits per heavy atom. The third kappa shape index (κ3) is 8.00. The number of benzene rings is 2. The van der Waals surface area contributed by atoms with Gasteiger partial charge in [0.2, 0.25) is 0 Å². The van der Waals surface area contributed by atoms with Gasteiger partial charge in [-0.1, -0.05) is 29.3 Å². The average Bonchev–Trinajstić information content (AvgIpc) is 2.73. The third-order valence-corrected chi connectivity index (χ3v) is 5.02. The molecule has 3 N–H and O–H groups in total. The average molecular weight is 494 g/mol. The number of carbonyl (C=O) groups is 2. The van der Waals surface area contributed by atoms with E-state index in [4.69, 9.17) is 21.7 Å². The first-order valence-corrected chi connectivity index (χ1v) is 10.6. The molecule has 2 aromatic carbocycles. The van der Waals surface area contributed by atoms with Crippen molar-refractivity contribution in [2.45, 2.75) is 26.7 Å². The molecule has 0 aromatic heterocycles. The summed E-state index contributed by atoms with van der Waals surface area (Å²) >= 11 is 8.43. The van der Waals surface area contributed by atoms with Gasteiger partial charge in [0.1, 0.15) is 11.5 Å². The van der Waals surface area contributed by atoms with E-state index in [2.05, 4.69) is 39.0 Å². The minimum atomic E-state index is -0.444. The molecule has 2 rings (SSSR count). The van der Waals surface area contributed by atoms with Crippen molar-refractivity contribution < 1.29 is 19.1 Å². The molecule has 0 heterocycles. The van der Waals surface area contributed by atoms with Gasteiger partial charge in [-0.15, -0.1) is 0 Å². The van der Waals surface area contributed by atoms with Crippen LogP contribution in [0.3, 0.4) is 0 Å². The Morgan fingerprint density at radius 2 is 1.73 bits per heavy atom. The van der Waals surface area contributed by atoms with E-state index in [-0.39, 0.29) is 11.7 Å². The van der Waals surface area contributed by atoms with Gasteiger partial charge in [-0.05, 0) is 73.6 Å². The highest BCUT2D eigenvalue weighted by Crippen LogP contribution is 2.21. The van der Waals surface area contributed by atoms with Crippen LogP contribution >= 0.6 is 28.1 Å². The quantitative estimate of drug-likeness (QED) is 0.295. The molecule has 0 aliphatic rings. The molecule has 0 saturated carbocycles. The van der Waals surface area contributed by atoms with Crippen molar-refractivity contribution in [2.24, 2.45) is 0 Å². The van der Waals surface area contributed by atoms with Crippen molar-refractivity contribution in [3.63, 3.8) is 0 Å². The van der Waals surface area contributed by atoms with Crippen LogP contribution in [-0.2, 0) is 4.79 Å². The zero-order chi connectivity index (χ0) is 21.9. The number of nitrogens with one attached hydrogen (secondary N) is 3. The number of amides is 2. The maximum Gasteiger partial charge on any atom is 0.276 e. The number of hydrogen-bond acceptors (Lipinski definition) is 5. The van der Waals surface area contributed by atoms with E-state index in [0.717, 1.165) is 22.9 Å². The number of aryl methyl sites for hydroxylation is 1. The monoisotopic (exact) mass is 493 g/mol. The first-order valence-electron chi connectivity index (χ1n) is 9.41. The van der Waals surface area contributed by atoms with Crippen molar-refractivity contribution in [1.82, 2.24) is 16.2 Å². The van der Waals surface area contributed by atoms with Gasteiger partial charge in [-0.25, -0.2) is 0 Å². The predicted molar refractivity (Wildman–Crippen MR) is 123 cm³/mol. The Labute approximate surface area is 189 Å². The van der Waals surface area contributed by atoms with Crippen LogP contribution in [0.4, 0.5) is 0 Å². The fourth-order valence-corrected chi connectivity index (χ4v) is 2.65. The SMILES string of the molecule is CCCCOc1ccc(C(=O)NC(=S)NNC(=O)COc2ccc(Br)c(C)c2)cc1. The lowest BCUT2D eigenvalue weighted by Crippen LogP contribution is -2.49. The summed E-state index contributed by atoms with van der Waals surface area (Å²) < 4.78 is 11.9. The van der Waals surface area contributed by atoms with Gasteiger partial charge in [0.25, 0.3) is 11.8 Å². The molecule has 2 aromatic rings. The van der Waals surface area contributed by atoms with Gasteiger partial charge in [-0.3, -0.25) is 25.8 Å². The number of halogens is 1. The molecule has 0 aliphatic heterocycles. The lowest BCUT2D eigenvalue weighted by Gasteiger charge is -2.12. The molecule has 160 valence electrons. The van der Waals surface area contributed by atoms with Crippen molar-refractivity contribution >= 4 is 45.1 Å². The van der Waals surface area contributed by atoms with Crippen molar-refractivity contribution in [2.75, 3.05) is 13.2 Å². The minimum Gasteiger partial charge on any atom is -0.494 e. The number of ether oxygens (including phenoxy) is 2. The summed E-state index contributed by atoms with van der Waals surface area (Å²) in [4.78, 5) is 24.1. The summed E-state index contributed by atoms with van der Waals surface area (Å²) in [5.74, 6) is 0.432. The Kier molecular flexibility index (Phi) is 9.56. The number of hydrazine groups is 1. The molecule has 0 aliphatic carbocycles. The van der Waals surface area contributed by atoms with E-state index in [1.54, 1.807) is 30.3 Å². The minimum absolute atomic E-state index is 0.0314. The summed E-state index contributed by atoms with van der Waals surface area (Å²) in [6.45, 7) is 4.45. The highest BCUT2D eigenvalue weighted by Gasteiger charge is 2.09. The number of rotatable bonds is 8. The standard InChI is InChI=1S/C21H24BrN3O4S/c1-3-4-11-28-16-7-5-15(6-8-16)20(27)23-21(30)25-24-19(26)13-29-17-9-10-18(22)14(2)12-17/h5-10,12H,3-4,11,13H2,1-2H3,(H,24,26)(H2,23,25,27,30). The Hall–Kier alpha value is -2.65. The molecule has 7 nitrogen and oxygen atoms in total. The normalized spacial score (nSPS) is 10.1. The Morgan fingerprint density at radius 1 is 1.03 bits per heavy atom. The van der Waals surface area contributed by atoms with Gasteiger partial charge < -0.3 is 9.47 Å². The van der Waals surface area contributed by atoms with E-state index >= 15 is 0 Å². The van der Waals surface area contributed by atoms with E-state index in [0.29, 0.717) is 23.7 Å². The molecule has 0 radical (unpaired) electrons. The second-order valence-electron chi connectivity index (χ2n) is 6.38. The van der Waals surface area contributed by atoms with Gasteiger partial charge in [0.05, 0.1) is 6.61 Å². The summed E-state index contributed by atoms with van der Waals surface area (Å²) in [6.07, 6.45) is 2.03. The maximum atomic E-state index is 12.2. The predicted octanol–water partition coefficient (Wildman–Crippen LogP) is 3.65. The summed E-state index contributed by atoms with van der Waals surface area (Å²) in [5.41, 5.74) is 6.26. The molecule has 2 amide bonds. The Balaban J connectivity index is 1.72. The van der Waals surface area contributed by atoms with E-state index in [1.807, 2.05) is 19.1 Å². The third-order valence-electron chi connectivity index (χ3n) is 3.92. The van der Waals surface area contributed by atoms with Crippen molar-refractivity contribution in [1.29, 1.82) is 0 Å². The Bertz CT molecular complexity index is 890. The number of carbonyl (C=O) groups excluding carboxylic acids is 2. The van der Waals surface area contributed by atoms with Gasteiger partial charge >= 0.3 is 0 Å². The second kappa shape index (κ2) is 12.1. The smallest absolute Gasteiger partial charge is 0.276 e. The number of hydrogen-bond donors (Lipinski definition) is 3. The molecule has 0 fully saturated rings. The summed E-state index contributed by atoms with van der Waals surface area (Å²) in [6, 6.07) is 12.2. The molecular formula is C21H24BrN3O4S. The molecule has 0 spiro atoms. The van der Waals surface area contributed by atoms with Gasteiger partial charge in [0.15, 0.2) is 11.7 Å². The van der Waals surface area contributed by atoms with Gasteiger partial charge in [0, 0.05) is 10.0 Å². The van der Waals surface area contributed by atoms with Crippen molar-refractivity contribution in [3.05, 3.63) is 58.1 Å². The van der Waals surface area contributed by atoms with Crippen LogP contribution < -0.4 is 25.6 Å². The second-order valence-corrected chi connectivity index (χ2v) is 7.65. The fourth-order valence-electron chi connectivity index (χ4n) is 2.26. The van der Waals surface area contributed by atoms with Crippen LogP contribution in [0.25, 0.3) is 0 Å². The molecule has 30 heavy (non-hydrogen) atoms. The number of thiocarbonyl (C=S) groups is 1. The molecule has 0 atom stereocenters. The van der Waals surface area contributed by atoms with Crippen molar-refractivity contribution in [3.8, 4) is 11.5 Å². The van der Waals surface area contributed by atoms with Crippen LogP contribution in [0.2, 0.25) is 0 Å².